The van der Waals surface area contributed by atoms with Crippen molar-refractivity contribution in [2.24, 2.45) is 0 Å². The molecule has 2 aliphatic heterocycles. The molecule has 0 aliphatic carbocycles. The van der Waals surface area contributed by atoms with Crippen molar-refractivity contribution in [1.82, 2.24) is 19.4 Å². The van der Waals surface area contributed by atoms with Crippen LogP contribution in [0.2, 0.25) is 0 Å². The van der Waals surface area contributed by atoms with Crippen LogP contribution in [0, 0.1) is 0 Å². The van der Waals surface area contributed by atoms with Crippen LogP contribution in [0.15, 0.2) is 49.1 Å². The third kappa shape index (κ3) is 3.16. The molecule has 0 N–H and O–H groups in total. The Balaban J connectivity index is 1.36. The molecule has 1 unspecified atom stereocenters. The van der Waals surface area contributed by atoms with Gasteiger partial charge in [0.1, 0.15) is 6.04 Å². The molecule has 6 nitrogen and oxygen atoms in total. The largest absolute Gasteiger partial charge is 0.337 e. The first kappa shape index (κ1) is 15.9. The second kappa shape index (κ2) is 6.70. The molecule has 4 rings (SSSR count). The van der Waals surface area contributed by atoms with E-state index in [1.165, 1.54) is 0 Å². The van der Waals surface area contributed by atoms with Gasteiger partial charge in [-0.05, 0) is 18.4 Å². The summed E-state index contributed by atoms with van der Waals surface area (Å²) in [4.78, 5) is 33.2. The average molecular weight is 338 g/mol. The van der Waals surface area contributed by atoms with Crippen molar-refractivity contribution in [3.05, 3.63) is 54.6 Å². The van der Waals surface area contributed by atoms with E-state index in [2.05, 4.69) is 4.98 Å². The normalized spacial score (nSPS) is 20.6. The number of imidazole rings is 1. The molecule has 0 bridgehead atoms. The van der Waals surface area contributed by atoms with Crippen molar-refractivity contribution in [2.75, 3.05) is 19.6 Å². The van der Waals surface area contributed by atoms with E-state index >= 15 is 0 Å². The van der Waals surface area contributed by atoms with Gasteiger partial charge in [0.15, 0.2) is 0 Å². The molecule has 0 saturated carbocycles. The van der Waals surface area contributed by atoms with E-state index in [4.69, 9.17) is 0 Å². The van der Waals surface area contributed by atoms with Crippen molar-refractivity contribution >= 4 is 11.8 Å². The van der Waals surface area contributed by atoms with E-state index in [9.17, 15) is 9.59 Å². The number of amides is 2. The van der Waals surface area contributed by atoms with Crippen LogP contribution in [0.4, 0.5) is 0 Å². The topological polar surface area (TPSA) is 58.4 Å². The number of aromatic nitrogens is 2. The van der Waals surface area contributed by atoms with Gasteiger partial charge >= 0.3 is 0 Å². The molecule has 1 aromatic heterocycles. The minimum Gasteiger partial charge on any atom is -0.337 e. The Morgan fingerprint density at radius 2 is 1.96 bits per heavy atom. The highest BCUT2D eigenvalue weighted by Gasteiger charge is 2.40. The first-order valence-corrected chi connectivity index (χ1v) is 8.82. The van der Waals surface area contributed by atoms with E-state index in [1.807, 2.05) is 46.0 Å². The highest BCUT2D eigenvalue weighted by atomic mass is 16.2. The Kier molecular flexibility index (Phi) is 4.26. The highest BCUT2D eigenvalue weighted by Crippen LogP contribution is 2.26. The summed E-state index contributed by atoms with van der Waals surface area (Å²) in [5.74, 6) is 0.143. The Morgan fingerprint density at radius 1 is 1.16 bits per heavy atom. The van der Waals surface area contributed by atoms with Gasteiger partial charge in [-0.15, -0.1) is 0 Å². The Bertz CT molecular complexity index is 738. The maximum Gasteiger partial charge on any atom is 0.245 e. The van der Waals surface area contributed by atoms with Crippen molar-refractivity contribution in [2.45, 2.75) is 31.3 Å². The van der Waals surface area contributed by atoms with E-state index in [1.54, 1.807) is 17.4 Å². The van der Waals surface area contributed by atoms with Crippen molar-refractivity contribution in [3.8, 4) is 0 Å². The summed E-state index contributed by atoms with van der Waals surface area (Å²) in [5.41, 5.74) is 0.995. The monoisotopic (exact) mass is 338 g/mol. The summed E-state index contributed by atoms with van der Waals surface area (Å²) < 4.78 is 2.04. The molecular weight excluding hydrogens is 316 g/mol. The van der Waals surface area contributed by atoms with Crippen molar-refractivity contribution < 1.29 is 9.59 Å². The molecule has 2 aromatic rings. The summed E-state index contributed by atoms with van der Waals surface area (Å²) in [7, 11) is 0. The van der Waals surface area contributed by atoms with Gasteiger partial charge in [-0.3, -0.25) is 9.59 Å². The van der Waals surface area contributed by atoms with Crippen LogP contribution in [0.5, 0.6) is 0 Å². The minimum atomic E-state index is -0.292. The lowest BCUT2D eigenvalue weighted by molar-refractivity contribution is -0.147. The van der Waals surface area contributed by atoms with Crippen LogP contribution in [0.3, 0.4) is 0 Å². The lowest BCUT2D eigenvalue weighted by Gasteiger charge is -2.42. The molecule has 2 amide bonds. The number of nitrogens with zero attached hydrogens (tertiary/aromatic N) is 4. The number of hydrogen-bond donors (Lipinski definition) is 0. The predicted octanol–water partition coefficient (Wildman–Crippen LogP) is 1.50. The van der Waals surface area contributed by atoms with Crippen LogP contribution in [0.25, 0.3) is 0 Å². The first-order chi connectivity index (χ1) is 12.2. The number of likely N-dealkylation sites (tertiary alicyclic amines) is 2. The van der Waals surface area contributed by atoms with Crippen molar-refractivity contribution in [3.63, 3.8) is 0 Å². The lowest BCUT2D eigenvalue weighted by Crippen LogP contribution is -2.56. The van der Waals surface area contributed by atoms with Crippen LogP contribution in [-0.4, -0.2) is 56.8 Å². The standard InChI is InChI=1S/C19H22N4O2/c24-18(11-15-5-2-1-3-6-15)23-9-4-7-17(23)19(25)22-12-16(13-22)21-10-8-20-14-21/h1-3,5-6,8,10,14,16-17H,4,7,9,11-13H2. The van der Waals surface area contributed by atoms with Gasteiger partial charge in [-0.25, -0.2) is 4.98 Å². The maximum atomic E-state index is 12.8. The SMILES string of the molecule is O=C(C1CCCN1C(=O)Cc1ccccc1)N1CC(n2ccnc2)C1. The molecule has 0 spiro atoms. The molecule has 0 radical (unpaired) electrons. The molecule has 6 heteroatoms. The third-order valence-electron chi connectivity index (χ3n) is 5.18. The number of rotatable bonds is 4. The molecule has 130 valence electrons. The molecule has 1 atom stereocenters. The Hall–Kier alpha value is -2.63. The van der Waals surface area contributed by atoms with Gasteiger partial charge in [-0.1, -0.05) is 30.3 Å². The Morgan fingerprint density at radius 3 is 2.68 bits per heavy atom. The van der Waals surface area contributed by atoms with Crippen LogP contribution < -0.4 is 0 Å². The molecule has 1 aromatic carbocycles. The number of carbonyl (C=O) groups excluding carboxylic acids is 2. The van der Waals surface area contributed by atoms with Gasteiger partial charge in [0.25, 0.3) is 0 Å². The van der Waals surface area contributed by atoms with Gasteiger partial charge in [0, 0.05) is 32.0 Å². The van der Waals surface area contributed by atoms with E-state index in [0.717, 1.165) is 18.4 Å². The minimum absolute atomic E-state index is 0.0498. The molecular formula is C19H22N4O2. The second-order valence-corrected chi connectivity index (χ2v) is 6.81. The zero-order valence-electron chi connectivity index (χ0n) is 14.1. The van der Waals surface area contributed by atoms with Crippen LogP contribution >= 0.6 is 0 Å². The number of benzene rings is 1. The first-order valence-electron chi connectivity index (χ1n) is 8.82. The predicted molar refractivity (Wildman–Crippen MR) is 92.7 cm³/mol. The molecule has 25 heavy (non-hydrogen) atoms. The molecule has 2 saturated heterocycles. The highest BCUT2D eigenvalue weighted by molar-refractivity contribution is 5.89. The number of hydrogen-bond acceptors (Lipinski definition) is 3. The van der Waals surface area contributed by atoms with Crippen molar-refractivity contribution in [1.29, 1.82) is 0 Å². The zero-order chi connectivity index (χ0) is 17.2. The van der Waals surface area contributed by atoms with Crippen LogP contribution in [0.1, 0.15) is 24.4 Å². The number of carbonyl (C=O) groups is 2. The smallest absolute Gasteiger partial charge is 0.245 e. The summed E-state index contributed by atoms with van der Waals surface area (Å²) in [6.45, 7) is 2.08. The fraction of sp³-hybridized carbons (Fsp3) is 0.421. The lowest BCUT2D eigenvalue weighted by atomic mass is 10.1. The molecule has 3 heterocycles. The fourth-order valence-corrected chi connectivity index (χ4v) is 3.71. The summed E-state index contributed by atoms with van der Waals surface area (Å²) in [6, 6.07) is 9.74. The third-order valence-corrected chi connectivity index (χ3v) is 5.18. The zero-order valence-corrected chi connectivity index (χ0v) is 14.1. The molecule has 2 aliphatic rings. The average Bonchev–Trinajstić information content (AvgIpc) is 3.26. The summed E-state index contributed by atoms with van der Waals surface area (Å²) in [5, 5.41) is 0. The van der Waals surface area contributed by atoms with E-state index < -0.39 is 0 Å². The van der Waals surface area contributed by atoms with Gasteiger partial charge in [-0.2, -0.15) is 0 Å². The summed E-state index contributed by atoms with van der Waals surface area (Å²) in [6.07, 6.45) is 7.50. The molecule has 2 fully saturated rings. The fourth-order valence-electron chi connectivity index (χ4n) is 3.71. The van der Waals surface area contributed by atoms with Gasteiger partial charge in [0.05, 0.1) is 18.8 Å². The van der Waals surface area contributed by atoms with Gasteiger partial charge < -0.3 is 14.4 Å². The van der Waals surface area contributed by atoms with E-state index in [0.29, 0.717) is 32.1 Å². The van der Waals surface area contributed by atoms with Crippen LogP contribution in [-0.2, 0) is 16.0 Å². The second-order valence-electron chi connectivity index (χ2n) is 6.81. The quantitative estimate of drug-likeness (QED) is 0.849. The Labute approximate surface area is 147 Å². The summed E-state index contributed by atoms with van der Waals surface area (Å²) >= 11 is 0. The maximum absolute atomic E-state index is 12.8. The van der Waals surface area contributed by atoms with E-state index in [-0.39, 0.29) is 17.9 Å². The van der Waals surface area contributed by atoms with Gasteiger partial charge in [0.2, 0.25) is 11.8 Å².